The molecule has 7 nitrogen and oxygen atoms in total. The van der Waals surface area contributed by atoms with Crippen molar-refractivity contribution >= 4 is 46.1 Å². The minimum Gasteiger partial charge on any atom is -0.454 e. The van der Waals surface area contributed by atoms with E-state index in [0.717, 1.165) is 5.52 Å². The lowest BCUT2D eigenvalue weighted by molar-refractivity contribution is -0.115. The van der Waals surface area contributed by atoms with Crippen molar-refractivity contribution < 1.29 is 14.3 Å². The lowest BCUT2D eigenvalue weighted by Gasteiger charge is -2.10. The second-order valence-electron chi connectivity index (χ2n) is 5.38. The number of aromatic amines is 1. The number of amides is 1. The Balaban J connectivity index is 1.44. The summed E-state index contributed by atoms with van der Waals surface area (Å²) in [6.07, 6.45) is 1.54. The molecule has 0 saturated heterocycles. The van der Waals surface area contributed by atoms with Crippen LogP contribution >= 0.6 is 23.4 Å². The first kappa shape index (κ1) is 16.0. The second kappa shape index (κ2) is 6.45. The zero-order chi connectivity index (χ0) is 17.4. The summed E-state index contributed by atoms with van der Waals surface area (Å²) < 4.78 is 10.6. The van der Waals surface area contributed by atoms with Crippen LogP contribution in [0.3, 0.4) is 0 Å². The normalized spacial score (nSPS) is 13.8. The van der Waals surface area contributed by atoms with Crippen molar-refractivity contribution in [1.29, 1.82) is 0 Å². The molecular formula is C16H13ClN4O3S. The molecule has 3 aromatic rings. The highest BCUT2D eigenvalue weighted by Crippen LogP contribution is 2.34. The molecule has 0 saturated carbocycles. The van der Waals surface area contributed by atoms with E-state index in [1.807, 2.05) is 0 Å². The summed E-state index contributed by atoms with van der Waals surface area (Å²) >= 11 is 7.22. The van der Waals surface area contributed by atoms with E-state index in [-0.39, 0.29) is 18.0 Å². The van der Waals surface area contributed by atoms with Gasteiger partial charge in [-0.25, -0.2) is 9.97 Å². The van der Waals surface area contributed by atoms with Gasteiger partial charge in [-0.2, -0.15) is 0 Å². The van der Waals surface area contributed by atoms with E-state index in [1.165, 1.54) is 18.0 Å². The predicted octanol–water partition coefficient (Wildman–Crippen LogP) is 3.46. The SMILES string of the molecule is C[C@@H](Sc1nc2ncc(Cl)cc2[nH]1)C(=O)Nc1ccc2c(c1)OCO2. The first-order valence-electron chi connectivity index (χ1n) is 7.47. The van der Waals surface area contributed by atoms with E-state index in [0.29, 0.717) is 33.0 Å². The molecule has 0 unspecified atom stereocenters. The highest BCUT2D eigenvalue weighted by molar-refractivity contribution is 8.00. The Labute approximate surface area is 152 Å². The van der Waals surface area contributed by atoms with E-state index in [1.54, 1.807) is 31.2 Å². The number of nitrogens with zero attached hydrogens (tertiary/aromatic N) is 2. The van der Waals surface area contributed by atoms with Gasteiger partial charge in [-0.3, -0.25) is 4.79 Å². The minimum absolute atomic E-state index is 0.143. The van der Waals surface area contributed by atoms with Gasteiger partial charge in [-0.15, -0.1) is 0 Å². The number of imidazole rings is 1. The Hall–Kier alpha value is -2.45. The molecule has 1 amide bonds. The summed E-state index contributed by atoms with van der Waals surface area (Å²) in [5.74, 6) is 1.16. The highest BCUT2D eigenvalue weighted by Gasteiger charge is 2.19. The second-order valence-corrected chi connectivity index (χ2v) is 7.15. The van der Waals surface area contributed by atoms with Crippen LogP contribution in [0.15, 0.2) is 35.6 Å². The van der Waals surface area contributed by atoms with Gasteiger partial charge in [0, 0.05) is 18.0 Å². The number of halogens is 1. The molecule has 1 aliphatic heterocycles. The number of carbonyl (C=O) groups is 1. The summed E-state index contributed by atoms with van der Waals surface area (Å²) in [6.45, 7) is 2.00. The molecule has 3 heterocycles. The molecule has 128 valence electrons. The Morgan fingerprint density at radius 2 is 2.20 bits per heavy atom. The van der Waals surface area contributed by atoms with E-state index in [4.69, 9.17) is 21.1 Å². The third-order valence-electron chi connectivity index (χ3n) is 3.58. The smallest absolute Gasteiger partial charge is 0.237 e. The van der Waals surface area contributed by atoms with Crippen molar-refractivity contribution in [3.05, 3.63) is 35.5 Å². The van der Waals surface area contributed by atoms with Crippen LogP contribution in [0.25, 0.3) is 11.2 Å². The number of hydrogen-bond acceptors (Lipinski definition) is 6. The first-order chi connectivity index (χ1) is 12.1. The zero-order valence-electron chi connectivity index (χ0n) is 13.1. The quantitative estimate of drug-likeness (QED) is 0.678. The topological polar surface area (TPSA) is 89.1 Å². The number of H-pyrrole nitrogens is 1. The maximum atomic E-state index is 12.4. The van der Waals surface area contributed by atoms with Crippen molar-refractivity contribution in [3.8, 4) is 11.5 Å². The number of rotatable bonds is 4. The lowest BCUT2D eigenvalue weighted by atomic mass is 10.2. The molecule has 1 aliphatic rings. The Morgan fingerprint density at radius 3 is 3.08 bits per heavy atom. The van der Waals surface area contributed by atoms with Crippen molar-refractivity contribution in [1.82, 2.24) is 15.0 Å². The fourth-order valence-electron chi connectivity index (χ4n) is 2.35. The van der Waals surface area contributed by atoms with Gasteiger partial charge in [0.2, 0.25) is 12.7 Å². The molecule has 25 heavy (non-hydrogen) atoms. The van der Waals surface area contributed by atoms with Crippen molar-refractivity contribution in [2.45, 2.75) is 17.3 Å². The molecule has 1 aromatic carbocycles. The molecule has 9 heteroatoms. The van der Waals surface area contributed by atoms with Gasteiger partial charge < -0.3 is 19.8 Å². The Kier molecular flexibility index (Phi) is 4.14. The summed E-state index contributed by atoms with van der Waals surface area (Å²) in [5, 5.41) is 3.64. The number of fused-ring (bicyclic) bond motifs is 2. The summed E-state index contributed by atoms with van der Waals surface area (Å²) in [4.78, 5) is 24.0. The molecule has 2 N–H and O–H groups in total. The van der Waals surface area contributed by atoms with Gasteiger partial charge in [0.1, 0.15) is 0 Å². The predicted molar refractivity (Wildman–Crippen MR) is 95.4 cm³/mol. The average molecular weight is 377 g/mol. The van der Waals surface area contributed by atoms with E-state index < -0.39 is 0 Å². The maximum absolute atomic E-state index is 12.4. The third kappa shape index (κ3) is 3.35. The van der Waals surface area contributed by atoms with Gasteiger partial charge in [-0.1, -0.05) is 23.4 Å². The maximum Gasteiger partial charge on any atom is 0.237 e. The zero-order valence-corrected chi connectivity index (χ0v) is 14.6. The van der Waals surface area contributed by atoms with Gasteiger partial charge in [0.05, 0.1) is 15.8 Å². The molecule has 0 radical (unpaired) electrons. The number of benzene rings is 1. The van der Waals surface area contributed by atoms with Crippen LogP contribution in [0.4, 0.5) is 5.69 Å². The molecule has 4 rings (SSSR count). The lowest BCUT2D eigenvalue weighted by Crippen LogP contribution is -2.22. The van der Waals surface area contributed by atoms with E-state index >= 15 is 0 Å². The molecule has 0 aliphatic carbocycles. The third-order valence-corrected chi connectivity index (χ3v) is 4.77. The van der Waals surface area contributed by atoms with Crippen molar-refractivity contribution in [3.63, 3.8) is 0 Å². The van der Waals surface area contributed by atoms with E-state index in [2.05, 4.69) is 20.3 Å². The van der Waals surface area contributed by atoms with Crippen molar-refractivity contribution in [2.75, 3.05) is 12.1 Å². The average Bonchev–Trinajstić information content (AvgIpc) is 3.19. The number of carbonyl (C=O) groups excluding carboxylic acids is 1. The monoisotopic (exact) mass is 376 g/mol. The van der Waals surface area contributed by atoms with Gasteiger partial charge in [0.15, 0.2) is 22.3 Å². The molecule has 0 fully saturated rings. The molecule has 0 bridgehead atoms. The molecule has 2 aromatic heterocycles. The van der Waals surface area contributed by atoms with Gasteiger partial charge >= 0.3 is 0 Å². The summed E-state index contributed by atoms with van der Waals surface area (Å²) in [7, 11) is 0. The Bertz CT molecular complexity index is 962. The van der Waals surface area contributed by atoms with Crippen LogP contribution in [0.5, 0.6) is 11.5 Å². The largest absolute Gasteiger partial charge is 0.454 e. The number of nitrogens with one attached hydrogen (secondary N) is 2. The van der Waals surface area contributed by atoms with Crippen LogP contribution in [-0.2, 0) is 4.79 Å². The fourth-order valence-corrected chi connectivity index (χ4v) is 3.31. The van der Waals surface area contributed by atoms with Crippen LogP contribution in [0, 0.1) is 0 Å². The highest BCUT2D eigenvalue weighted by atomic mass is 35.5. The molecule has 0 spiro atoms. The first-order valence-corrected chi connectivity index (χ1v) is 8.73. The van der Waals surface area contributed by atoms with E-state index in [9.17, 15) is 4.79 Å². The Morgan fingerprint density at radius 1 is 1.36 bits per heavy atom. The van der Waals surface area contributed by atoms with Gasteiger partial charge in [0.25, 0.3) is 0 Å². The summed E-state index contributed by atoms with van der Waals surface area (Å²) in [5.41, 5.74) is 1.95. The van der Waals surface area contributed by atoms with Crippen molar-refractivity contribution in [2.24, 2.45) is 0 Å². The number of ether oxygens (including phenoxy) is 2. The standard InChI is InChI=1S/C16H13ClN4O3S/c1-8(25-16-20-11-4-9(17)6-18-14(11)21-16)15(22)19-10-2-3-12-13(5-10)24-7-23-12/h2-6,8H,7H2,1H3,(H,19,22)(H,18,20,21)/t8-/m1/s1. The number of pyridine rings is 1. The van der Waals surface area contributed by atoms with Crippen LogP contribution in [-0.4, -0.2) is 32.9 Å². The minimum atomic E-state index is -0.360. The van der Waals surface area contributed by atoms with Gasteiger partial charge in [-0.05, 0) is 25.1 Å². The summed E-state index contributed by atoms with van der Waals surface area (Å²) in [6, 6.07) is 7.03. The number of aromatic nitrogens is 3. The van der Waals surface area contributed by atoms with Crippen LogP contribution in [0.2, 0.25) is 5.02 Å². The fraction of sp³-hybridized carbons (Fsp3) is 0.188. The molecule has 1 atom stereocenters. The molecular weight excluding hydrogens is 364 g/mol. The van der Waals surface area contributed by atoms with Crippen LogP contribution in [0.1, 0.15) is 6.92 Å². The number of anilines is 1. The number of hydrogen-bond donors (Lipinski definition) is 2. The van der Waals surface area contributed by atoms with Crippen LogP contribution < -0.4 is 14.8 Å². The number of thioether (sulfide) groups is 1.